The molecule has 0 aromatic heterocycles. The van der Waals surface area contributed by atoms with Crippen molar-refractivity contribution in [3.8, 4) is 0 Å². The van der Waals surface area contributed by atoms with Gasteiger partial charge in [-0.15, -0.1) is 0 Å². The summed E-state index contributed by atoms with van der Waals surface area (Å²) in [6.45, 7) is 3.36. The molecule has 5 rings (SSSR count). The summed E-state index contributed by atoms with van der Waals surface area (Å²) in [7, 11) is 0. The van der Waals surface area contributed by atoms with E-state index in [2.05, 4.69) is 22.0 Å². The molecule has 3 amide bonds. The Labute approximate surface area is 164 Å². The van der Waals surface area contributed by atoms with Crippen LogP contribution in [-0.4, -0.2) is 47.8 Å². The summed E-state index contributed by atoms with van der Waals surface area (Å²) in [6, 6.07) is 5.84. The van der Waals surface area contributed by atoms with Gasteiger partial charge in [0.05, 0.1) is 0 Å². The van der Waals surface area contributed by atoms with Gasteiger partial charge in [0, 0.05) is 31.1 Å². The van der Waals surface area contributed by atoms with E-state index in [0.717, 1.165) is 30.8 Å². The van der Waals surface area contributed by atoms with E-state index >= 15 is 0 Å². The number of fused-ring (bicyclic) bond motifs is 3. The Morgan fingerprint density at radius 3 is 2.61 bits per heavy atom. The van der Waals surface area contributed by atoms with E-state index in [1.807, 2.05) is 12.1 Å². The fourth-order valence-electron chi connectivity index (χ4n) is 5.46. The van der Waals surface area contributed by atoms with Crippen LogP contribution in [-0.2, 0) is 22.7 Å². The lowest BCUT2D eigenvalue weighted by molar-refractivity contribution is -0.136. The molecule has 28 heavy (non-hydrogen) atoms. The van der Waals surface area contributed by atoms with Gasteiger partial charge in [-0.3, -0.25) is 19.7 Å². The third-order valence-electron chi connectivity index (χ3n) is 6.94. The maximum Gasteiger partial charge on any atom is 0.255 e. The summed E-state index contributed by atoms with van der Waals surface area (Å²) >= 11 is 0. The van der Waals surface area contributed by atoms with E-state index in [0.29, 0.717) is 36.4 Å². The van der Waals surface area contributed by atoms with Crippen LogP contribution in [0.5, 0.6) is 0 Å². The minimum Gasteiger partial charge on any atom is -0.322 e. The standard InChI is InChI=1S/C21H26N4O3/c26-18-7-6-17(20(27)24-18)25-11-16-12(2-1-3-15(16)21(25)28)10-23-19-13-4-5-14(19)9-22-8-13/h1-3,13-14,17,19,22-23H,4-11H2,(H,24,26,27). The van der Waals surface area contributed by atoms with Crippen LogP contribution in [0.4, 0.5) is 0 Å². The number of amides is 3. The summed E-state index contributed by atoms with van der Waals surface area (Å²) in [4.78, 5) is 38.2. The van der Waals surface area contributed by atoms with Crippen LogP contribution in [0.2, 0.25) is 0 Å². The lowest BCUT2D eigenvalue weighted by Crippen LogP contribution is -2.52. The van der Waals surface area contributed by atoms with Gasteiger partial charge in [-0.25, -0.2) is 0 Å². The second-order valence-electron chi connectivity index (χ2n) is 8.51. The molecule has 0 spiro atoms. The molecule has 1 aromatic rings. The van der Waals surface area contributed by atoms with Gasteiger partial charge in [0.2, 0.25) is 11.8 Å². The number of nitrogens with one attached hydrogen (secondary N) is 3. The SMILES string of the molecule is O=C1CCC(N2Cc3c(CNC4C5CCC4CNC5)cccc3C2=O)C(=O)N1. The molecule has 7 nitrogen and oxygen atoms in total. The van der Waals surface area contributed by atoms with Crippen LogP contribution in [0.25, 0.3) is 0 Å². The molecule has 148 valence electrons. The quantitative estimate of drug-likeness (QED) is 0.661. The Hall–Kier alpha value is -2.25. The molecule has 4 aliphatic rings. The number of rotatable bonds is 4. The highest BCUT2D eigenvalue weighted by Gasteiger charge is 2.41. The van der Waals surface area contributed by atoms with Crippen LogP contribution in [0, 0.1) is 11.8 Å². The van der Waals surface area contributed by atoms with Gasteiger partial charge >= 0.3 is 0 Å². The van der Waals surface area contributed by atoms with E-state index in [9.17, 15) is 14.4 Å². The zero-order chi connectivity index (χ0) is 19.3. The molecule has 1 aliphatic carbocycles. The van der Waals surface area contributed by atoms with Crippen LogP contribution < -0.4 is 16.0 Å². The second-order valence-corrected chi connectivity index (χ2v) is 8.51. The summed E-state index contributed by atoms with van der Waals surface area (Å²) in [5.74, 6) is 0.665. The summed E-state index contributed by atoms with van der Waals surface area (Å²) < 4.78 is 0. The van der Waals surface area contributed by atoms with Crippen LogP contribution in [0.1, 0.15) is 47.2 Å². The van der Waals surface area contributed by atoms with Crippen LogP contribution in [0.15, 0.2) is 18.2 Å². The Balaban J connectivity index is 1.32. The van der Waals surface area contributed by atoms with Gasteiger partial charge < -0.3 is 15.5 Å². The van der Waals surface area contributed by atoms with Crippen molar-refractivity contribution in [1.29, 1.82) is 0 Å². The van der Waals surface area contributed by atoms with Crippen molar-refractivity contribution >= 4 is 17.7 Å². The largest absolute Gasteiger partial charge is 0.322 e. The van der Waals surface area contributed by atoms with Crippen molar-refractivity contribution in [3.05, 3.63) is 34.9 Å². The first-order valence-corrected chi connectivity index (χ1v) is 10.3. The van der Waals surface area contributed by atoms with E-state index in [4.69, 9.17) is 0 Å². The molecule has 3 atom stereocenters. The number of carbonyl (C=O) groups is 3. The predicted molar refractivity (Wildman–Crippen MR) is 102 cm³/mol. The molecule has 3 heterocycles. The number of hydrogen-bond donors (Lipinski definition) is 3. The maximum atomic E-state index is 12.9. The fourth-order valence-corrected chi connectivity index (χ4v) is 5.46. The number of imide groups is 1. The maximum absolute atomic E-state index is 12.9. The second kappa shape index (κ2) is 6.97. The minimum atomic E-state index is -0.557. The highest BCUT2D eigenvalue weighted by Crippen LogP contribution is 2.34. The van der Waals surface area contributed by atoms with Crippen molar-refractivity contribution in [3.63, 3.8) is 0 Å². The number of benzene rings is 1. The van der Waals surface area contributed by atoms with Crippen molar-refractivity contribution in [2.75, 3.05) is 13.1 Å². The van der Waals surface area contributed by atoms with Gasteiger partial charge in [0.25, 0.3) is 5.91 Å². The van der Waals surface area contributed by atoms with Gasteiger partial charge in [-0.2, -0.15) is 0 Å². The first-order chi connectivity index (χ1) is 13.6. The smallest absolute Gasteiger partial charge is 0.255 e. The van der Waals surface area contributed by atoms with Crippen molar-refractivity contribution in [2.24, 2.45) is 11.8 Å². The van der Waals surface area contributed by atoms with Crippen LogP contribution in [0.3, 0.4) is 0 Å². The van der Waals surface area contributed by atoms with E-state index < -0.39 is 6.04 Å². The molecule has 7 heteroatoms. The highest BCUT2D eigenvalue weighted by molar-refractivity contribution is 6.05. The minimum absolute atomic E-state index is 0.103. The Kier molecular flexibility index (Phi) is 4.44. The molecule has 2 bridgehead atoms. The zero-order valence-corrected chi connectivity index (χ0v) is 15.9. The van der Waals surface area contributed by atoms with E-state index in [1.54, 1.807) is 4.90 Å². The Bertz CT molecular complexity index is 823. The monoisotopic (exact) mass is 382 g/mol. The Morgan fingerprint density at radius 1 is 1.07 bits per heavy atom. The van der Waals surface area contributed by atoms with Gasteiger partial charge in [0.1, 0.15) is 6.04 Å². The average molecular weight is 382 g/mol. The number of hydrogen-bond acceptors (Lipinski definition) is 5. The molecule has 3 N–H and O–H groups in total. The molecule has 3 unspecified atom stereocenters. The molecule has 3 fully saturated rings. The van der Waals surface area contributed by atoms with Gasteiger partial charge in [-0.1, -0.05) is 12.1 Å². The van der Waals surface area contributed by atoms with E-state index in [-0.39, 0.29) is 24.1 Å². The molecule has 1 saturated carbocycles. The summed E-state index contributed by atoms with van der Waals surface area (Å²) in [6.07, 6.45) is 3.24. The summed E-state index contributed by atoms with van der Waals surface area (Å²) in [5.41, 5.74) is 2.85. The predicted octanol–water partition coefficient (Wildman–Crippen LogP) is 0.535. The fraction of sp³-hybridized carbons (Fsp3) is 0.571. The lowest BCUT2D eigenvalue weighted by atomic mass is 9.93. The number of nitrogens with zero attached hydrogens (tertiary/aromatic N) is 1. The molecule has 2 saturated heterocycles. The van der Waals surface area contributed by atoms with Crippen molar-refractivity contribution < 1.29 is 14.4 Å². The Morgan fingerprint density at radius 2 is 1.86 bits per heavy atom. The summed E-state index contributed by atoms with van der Waals surface area (Å²) in [5, 5.41) is 9.64. The van der Waals surface area contributed by atoms with Crippen LogP contribution >= 0.6 is 0 Å². The van der Waals surface area contributed by atoms with Gasteiger partial charge in [-0.05, 0) is 61.4 Å². The van der Waals surface area contributed by atoms with Gasteiger partial charge in [0.15, 0.2) is 0 Å². The first kappa shape index (κ1) is 17.8. The van der Waals surface area contributed by atoms with Crippen molar-refractivity contribution in [2.45, 2.75) is 50.9 Å². The molecule has 0 radical (unpaired) electrons. The lowest BCUT2D eigenvalue weighted by Gasteiger charge is -2.32. The third kappa shape index (κ3) is 2.93. The number of carbonyl (C=O) groups excluding carboxylic acids is 3. The molecule has 1 aromatic carbocycles. The number of piperidine rings is 2. The third-order valence-corrected chi connectivity index (χ3v) is 6.94. The topological polar surface area (TPSA) is 90.5 Å². The normalized spacial score (nSPS) is 31.9. The average Bonchev–Trinajstić information content (AvgIpc) is 3.12. The first-order valence-electron chi connectivity index (χ1n) is 10.3. The van der Waals surface area contributed by atoms with Crippen molar-refractivity contribution in [1.82, 2.24) is 20.9 Å². The zero-order valence-electron chi connectivity index (χ0n) is 15.9. The highest BCUT2D eigenvalue weighted by atomic mass is 16.2. The molecule has 3 aliphatic heterocycles. The molecular formula is C21H26N4O3. The molecular weight excluding hydrogens is 356 g/mol. The van der Waals surface area contributed by atoms with E-state index in [1.165, 1.54) is 12.8 Å².